The Balaban J connectivity index is 3.80. The van der Waals surface area contributed by atoms with Crippen LogP contribution in [0.15, 0.2) is 12.2 Å². The van der Waals surface area contributed by atoms with Crippen LogP contribution in [0.1, 0.15) is 258 Å². The molecule has 0 saturated carbocycles. The molecule has 0 fully saturated rings. The van der Waals surface area contributed by atoms with E-state index >= 15 is 0 Å². The maximum absolute atomic E-state index is 12.2. The number of esters is 2. The minimum atomic E-state index is -4.79. The van der Waals surface area contributed by atoms with Crippen LogP contribution in [-0.4, -0.2) is 95.0 Å². The average molecular weight is 1040 g/mol. The van der Waals surface area contributed by atoms with Gasteiger partial charge in [0.05, 0.1) is 26.4 Å². The molecule has 0 aliphatic heterocycles. The molecule has 17 heteroatoms. The van der Waals surface area contributed by atoms with E-state index in [0.29, 0.717) is 12.8 Å². The Kier molecular flexibility index (Phi) is 49.1. The van der Waals surface area contributed by atoms with Gasteiger partial charge in [-0.25, -0.2) is 9.13 Å². The van der Waals surface area contributed by atoms with Crippen molar-refractivity contribution in [2.24, 2.45) is 0 Å². The molecule has 5 atom stereocenters. The third-order valence-corrected chi connectivity index (χ3v) is 14.1. The fraction of sp³-hybridized carbons (Fsp3) is 0.925. The van der Waals surface area contributed by atoms with Gasteiger partial charge in [0.1, 0.15) is 31.5 Å². The molecule has 0 aliphatic carbocycles. The average Bonchev–Trinajstić information content (AvgIpc) is 3.34. The minimum Gasteiger partial charge on any atom is -0.463 e. The van der Waals surface area contributed by atoms with Gasteiger partial charge in [0.2, 0.25) is 0 Å². The Morgan fingerprint density at radius 1 is 0.357 bits per heavy atom. The Morgan fingerprint density at radius 3 is 0.829 bits per heavy atom. The van der Waals surface area contributed by atoms with Crippen LogP contribution in [0, 0.1) is 0 Å². The van der Waals surface area contributed by atoms with E-state index in [1.54, 1.807) is 0 Å². The first kappa shape index (κ1) is 68.8. The van der Waals surface area contributed by atoms with Gasteiger partial charge < -0.3 is 34.6 Å². The number of rotatable bonds is 55. The molecule has 5 unspecified atom stereocenters. The van der Waals surface area contributed by atoms with Crippen molar-refractivity contribution in [2.45, 2.75) is 276 Å². The van der Waals surface area contributed by atoms with Crippen molar-refractivity contribution in [3.8, 4) is 0 Å². The number of phosphoric acid groups is 2. The van der Waals surface area contributed by atoms with Gasteiger partial charge in [0.25, 0.3) is 0 Å². The molecule has 0 aromatic carbocycles. The summed E-state index contributed by atoms with van der Waals surface area (Å²) in [4.78, 5) is 43.9. The molecule has 0 radical (unpaired) electrons. The number of hydrogen-bond donors (Lipinski definition) is 5. The van der Waals surface area contributed by atoms with Crippen LogP contribution in [0.5, 0.6) is 0 Å². The monoisotopic (exact) mass is 1040 g/mol. The highest BCUT2D eigenvalue weighted by Gasteiger charge is 2.28. The first-order valence-electron chi connectivity index (χ1n) is 28.0. The van der Waals surface area contributed by atoms with E-state index in [9.17, 15) is 43.8 Å². The van der Waals surface area contributed by atoms with Crippen LogP contribution in [0.4, 0.5) is 0 Å². The SMILES string of the molecule is CCCCCCCC/C=C/CCCCCCCCCCCC(=O)OCC(O)COP(=O)(O)OCC(O)COP(=O)(O)OCC(O)COC(=O)CCCCCCCCCCCCCCCCCCCCC. The summed E-state index contributed by atoms with van der Waals surface area (Å²) in [5, 5.41) is 30.1. The van der Waals surface area contributed by atoms with Crippen LogP contribution >= 0.6 is 15.6 Å². The molecule has 416 valence electrons. The standard InChI is InChI=1S/C53H104O15P2/c1-3-5-7-9-11-13-15-17-19-21-23-25-27-29-31-33-35-37-39-41-52(57)63-43-49(54)45-65-69(59,60)67-47-51(56)48-68-70(61,62)66-46-50(55)44-64-53(58)42-40-38-36-34-32-30-28-26-24-22-20-18-16-14-12-10-8-6-4-2/h17,19,49-51,54-56H,3-16,18,20-48H2,1-2H3,(H,59,60)(H,61,62)/b19-17+. The molecule has 0 saturated heterocycles. The summed E-state index contributed by atoms with van der Waals surface area (Å²) in [5.74, 6) is -0.984. The number of unbranched alkanes of at least 4 members (excludes halogenated alkanes) is 33. The number of carbonyl (C=O) groups excluding carboxylic acids is 2. The van der Waals surface area contributed by atoms with E-state index in [0.717, 1.165) is 38.5 Å². The molecule has 0 bridgehead atoms. The number of hydrogen-bond acceptors (Lipinski definition) is 13. The molecule has 0 heterocycles. The molecule has 0 spiro atoms. The lowest BCUT2D eigenvalue weighted by Gasteiger charge is -2.19. The van der Waals surface area contributed by atoms with Crippen molar-refractivity contribution in [1.29, 1.82) is 0 Å². The molecule has 5 N–H and O–H groups in total. The third kappa shape index (κ3) is 51.7. The van der Waals surface area contributed by atoms with Gasteiger partial charge in [0.15, 0.2) is 0 Å². The van der Waals surface area contributed by atoms with Crippen molar-refractivity contribution < 1.29 is 71.4 Å². The predicted molar refractivity (Wildman–Crippen MR) is 279 cm³/mol. The molecule has 0 aromatic heterocycles. The Morgan fingerprint density at radius 2 is 0.571 bits per heavy atom. The highest BCUT2D eigenvalue weighted by atomic mass is 31.2. The fourth-order valence-corrected chi connectivity index (χ4v) is 9.45. The summed E-state index contributed by atoms with van der Waals surface area (Å²) >= 11 is 0. The molecule has 15 nitrogen and oxygen atoms in total. The second-order valence-corrected chi connectivity index (χ2v) is 22.2. The number of aliphatic hydroxyl groups is 3. The maximum atomic E-state index is 12.2. The summed E-state index contributed by atoms with van der Waals surface area (Å²) in [6.45, 7) is 0.487. The summed E-state index contributed by atoms with van der Waals surface area (Å²) < 4.78 is 53.2. The van der Waals surface area contributed by atoms with E-state index < -0.39 is 85.5 Å². The molecule has 0 rings (SSSR count). The van der Waals surface area contributed by atoms with E-state index in [1.807, 2.05) is 0 Å². The first-order valence-corrected chi connectivity index (χ1v) is 31.0. The highest BCUT2D eigenvalue weighted by molar-refractivity contribution is 7.47. The van der Waals surface area contributed by atoms with Crippen LogP contribution in [0.3, 0.4) is 0 Å². The van der Waals surface area contributed by atoms with Crippen LogP contribution in [0.2, 0.25) is 0 Å². The third-order valence-electron chi connectivity index (χ3n) is 12.2. The predicted octanol–water partition coefficient (Wildman–Crippen LogP) is 13.8. The lowest BCUT2D eigenvalue weighted by Crippen LogP contribution is -2.25. The summed E-state index contributed by atoms with van der Waals surface area (Å²) in [6.07, 6.45) is 44.8. The van der Waals surface area contributed by atoms with Crippen LogP contribution < -0.4 is 0 Å². The van der Waals surface area contributed by atoms with Crippen molar-refractivity contribution >= 4 is 27.6 Å². The van der Waals surface area contributed by atoms with Gasteiger partial charge in [0, 0.05) is 12.8 Å². The molecule has 0 amide bonds. The smallest absolute Gasteiger partial charge is 0.463 e. The van der Waals surface area contributed by atoms with Gasteiger partial charge in [-0.2, -0.15) is 0 Å². The second-order valence-electron chi connectivity index (χ2n) is 19.3. The number of allylic oxidation sites excluding steroid dienone is 2. The lowest BCUT2D eigenvalue weighted by atomic mass is 10.0. The summed E-state index contributed by atoms with van der Waals surface area (Å²) in [5.41, 5.74) is 0. The zero-order valence-electron chi connectivity index (χ0n) is 44.2. The maximum Gasteiger partial charge on any atom is 0.472 e. The van der Waals surface area contributed by atoms with Crippen molar-refractivity contribution in [1.82, 2.24) is 0 Å². The van der Waals surface area contributed by atoms with Gasteiger partial charge in [-0.15, -0.1) is 0 Å². The van der Waals surface area contributed by atoms with Crippen molar-refractivity contribution in [3.05, 3.63) is 12.2 Å². The largest absolute Gasteiger partial charge is 0.472 e. The zero-order valence-corrected chi connectivity index (χ0v) is 46.0. The zero-order chi connectivity index (χ0) is 51.7. The first-order chi connectivity index (χ1) is 33.8. The Hall–Kier alpha value is -1.22. The fourth-order valence-electron chi connectivity index (χ4n) is 7.86. The van der Waals surface area contributed by atoms with Gasteiger partial charge >= 0.3 is 27.6 Å². The van der Waals surface area contributed by atoms with Crippen LogP contribution in [-0.2, 0) is 46.3 Å². The van der Waals surface area contributed by atoms with Crippen LogP contribution in [0.25, 0.3) is 0 Å². The van der Waals surface area contributed by atoms with E-state index in [-0.39, 0.29) is 12.8 Å². The highest BCUT2D eigenvalue weighted by Crippen LogP contribution is 2.45. The Bertz CT molecular complexity index is 1310. The summed E-state index contributed by atoms with van der Waals surface area (Å²) in [7, 11) is -9.57. The number of aliphatic hydroxyl groups excluding tert-OH is 3. The summed E-state index contributed by atoms with van der Waals surface area (Å²) in [6, 6.07) is 0. The van der Waals surface area contributed by atoms with E-state index in [4.69, 9.17) is 18.5 Å². The second kappa shape index (κ2) is 50.0. The molecular formula is C53H104O15P2. The van der Waals surface area contributed by atoms with Gasteiger partial charge in [-0.1, -0.05) is 219 Å². The van der Waals surface area contributed by atoms with Gasteiger partial charge in [-0.3, -0.25) is 27.7 Å². The Labute approximate surface area is 425 Å². The lowest BCUT2D eigenvalue weighted by molar-refractivity contribution is -0.148. The minimum absolute atomic E-state index is 0.197. The molecule has 0 aliphatic rings. The number of phosphoric ester groups is 2. The van der Waals surface area contributed by atoms with E-state index in [2.05, 4.69) is 35.0 Å². The topological polar surface area (TPSA) is 225 Å². The molecule has 70 heavy (non-hydrogen) atoms. The van der Waals surface area contributed by atoms with Crippen molar-refractivity contribution in [2.75, 3.05) is 39.6 Å². The quantitative estimate of drug-likeness (QED) is 0.0165. The number of ether oxygens (including phenoxy) is 2. The molecular weight excluding hydrogens is 939 g/mol. The normalized spacial score (nSPS) is 14.9. The molecule has 0 aromatic rings. The van der Waals surface area contributed by atoms with Gasteiger partial charge in [-0.05, 0) is 38.5 Å². The van der Waals surface area contributed by atoms with Crippen molar-refractivity contribution in [3.63, 3.8) is 0 Å². The number of carbonyl (C=O) groups is 2. The van der Waals surface area contributed by atoms with E-state index in [1.165, 1.54) is 180 Å².